The lowest BCUT2D eigenvalue weighted by Crippen LogP contribution is -2.15. The molecule has 0 aromatic rings. The Morgan fingerprint density at radius 2 is 1.64 bits per heavy atom. The Bertz CT molecular complexity index is 132. The summed E-state index contributed by atoms with van der Waals surface area (Å²) in [7, 11) is 5.73. The van der Waals surface area contributed by atoms with Crippen LogP contribution in [0, 0.1) is 0 Å². The van der Waals surface area contributed by atoms with E-state index in [4.69, 9.17) is 4.74 Å². The average molecular weight is 157 g/mol. The molecule has 0 saturated carbocycles. The molecule has 0 radical (unpaired) electrons. The van der Waals surface area contributed by atoms with Gasteiger partial charge in [-0.15, -0.1) is 0 Å². The molecule has 0 aromatic carbocycles. The first kappa shape index (κ1) is 10.3. The highest BCUT2D eigenvalue weighted by atomic mass is 16.5. The predicted octanol–water partition coefficient (Wildman–Crippen LogP) is 2.23. The van der Waals surface area contributed by atoms with Crippen LogP contribution < -0.4 is 0 Å². The summed E-state index contributed by atoms with van der Waals surface area (Å²) in [5.41, 5.74) is 1.37. The van der Waals surface area contributed by atoms with E-state index in [0.29, 0.717) is 0 Å². The molecule has 0 bridgehead atoms. The van der Waals surface area contributed by atoms with Crippen molar-refractivity contribution >= 4 is 0 Å². The van der Waals surface area contributed by atoms with Crippen molar-refractivity contribution in [1.82, 2.24) is 4.90 Å². The third-order valence-electron chi connectivity index (χ3n) is 1.76. The van der Waals surface area contributed by atoms with Crippen LogP contribution in [-0.2, 0) is 4.74 Å². The molecule has 0 amide bonds. The number of nitrogens with zero attached hydrogens (tertiary/aromatic N) is 1. The Kier molecular flexibility index (Phi) is 4.75. The van der Waals surface area contributed by atoms with E-state index in [1.165, 1.54) is 5.57 Å². The van der Waals surface area contributed by atoms with Gasteiger partial charge in [0.25, 0.3) is 0 Å². The van der Waals surface area contributed by atoms with Crippen molar-refractivity contribution < 1.29 is 4.74 Å². The van der Waals surface area contributed by atoms with E-state index in [1.807, 2.05) is 19.0 Å². The highest BCUT2D eigenvalue weighted by Gasteiger charge is 2.04. The number of hydrogen-bond acceptors (Lipinski definition) is 2. The summed E-state index contributed by atoms with van der Waals surface area (Å²) in [6, 6.07) is 0. The molecule has 0 aliphatic rings. The third kappa shape index (κ3) is 2.83. The second-order valence-corrected chi connectivity index (χ2v) is 2.71. The number of methoxy groups -OCH3 is 1. The van der Waals surface area contributed by atoms with Crippen LogP contribution in [0.4, 0.5) is 0 Å². The molecule has 0 aliphatic heterocycles. The Labute approximate surface area is 69.8 Å². The number of allylic oxidation sites excluding steroid dienone is 1. The molecule has 0 aromatic heterocycles. The fourth-order valence-corrected chi connectivity index (χ4v) is 1.20. The Morgan fingerprint density at radius 1 is 1.18 bits per heavy atom. The fourth-order valence-electron chi connectivity index (χ4n) is 1.20. The molecule has 0 fully saturated rings. The highest BCUT2D eigenvalue weighted by molar-refractivity contribution is 5.05. The maximum absolute atomic E-state index is 5.26. The molecule has 66 valence electrons. The Morgan fingerprint density at radius 3 is 1.73 bits per heavy atom. The zero-order valence-electron chi connectivity index (χ0n) is 8.27. The van der Waals surface area contributed by atoms with Crippen molar-refractivity contribution in [1.29, 1.82) is 0 Å². The molecule has 0 spiro atoms. The summed E-state index contributed by atoms with van der Waals surface area (Å²) in [5.74, 6) is 1.01. The monoisotopic (exact) mass is 157 g/mol. The van der Waals surface area contributed by atoms with Gasteiger partial charge in [0.05, 0.1) is 7.11 Å². The number of hydrogen-bond donors (Lipinski definition) is 0. The average Bonchev–Trinajstić information content (AvgIpc) is 1.99. The zero-order valence-corrected chi connectivity index (χ0v) is 8.27. The van der Waals surface area contributed by atoms with Crippen molar-refractivity contribution in [2.75, 3.05) is 21.2 Å². The fraction of sp³-hybridized carbons (Fsp3) is 0.778. The standard InChI is InChI=1S/C9H19NO/c1-6-8(7-2)9(11-5)10(3)4/h6-7H2,1-5H3. The molecule has 11 heavy (non-hydrogen) atoms. The van der Waals surface area contributed by atoms with Crippen LogP contribution in [0.5, 0.6) is 0 Å². The second kappa shape index (κ2) is 5.05. The Hall–Kier alpha value is -0.660. The van der Waals surface area contributed by atoms with Crippen molar-refractivity contribution in [2.24, 2.45) is 0 Å². The molecule has 0 aliphatic carbocycles. The van der Waals surface area contributed by atoms with E-state index in [-0.39, 0.29) is 0 Å². The van der Waals surface area contributed by atoms with Gasteiger partial charge in [-0.1, -0.05) is 13.8 Å². The van der Waals surface area contributed by atoms with Crippen molar-refractivity contribution in [3.8, 4) is 0 Å². The summed E-state index contributed by atoms with van der Waals surface area (Å²) in [4.78, 5) is 2.02. The first-order valence-corrected chi connectivity index (χ1v) is 4.10. The van der Waals surface area contributed by atoms with Gasteiger partial charge in [-0.3, -0.25) is 0 Å². The molecular formula is C9H19NO. The van der Waals surface area contributed by atoms with E-state index >= 15 is 0 Å². The van der Waals surface area contributed by atoms with Crippen LogP contribution >= 0.6 is 0 Å². The van der Waals surface area contributed by atoms with Crippen LogP contribution in [0.25, 0.3) is 0 Å². The van der Waals surface area contributed by atoms with Gasteiger partial charge in [0.1, 0.15) is 0 Å². The molecule has 0 unspecified atom stereocenters. The van der Waals surface area contributed by atoms with Gasteiger partial charge >= 0.3 is 0 Å². The lowest BCUT2D eigenvalue weighted by Gasteiger charge is -2.19. The van der Waals surface area contributed by atoms with Crippen LogP contribution in [-0.4, -0.2) is 26.1 Å². The van der Waals surface area contributed by atoms with Gasteiger partial charge in [-0.05, 0) is 18.4 Å². The van der Waals surface area contributed by atoms with Crippen molar-refractivity contribution in [3.05, 3.63) is 11.5 Å². The van der Waals surface area contributed by atoms with E-state index in [9.17, 15) is 0 Å². The minimum Gasteiger partial charge on any atom is -0.482 e. The van der Waals surface area contributed by atoms with Gasteiger partial charge in [-0.2, -0.15) is 0 Å². The molecule has 2 nitrogen and oxygen atoms in total. The normalized spacial score (nSPS) is 9.18. The highest BCUT2D eigenvalue weighted by Crippen LogP contribution is 2.14. The summed E-state index contributed by atoms with van der Waals surface area (Å²) >= 11 is 0. The zero-order chi connectivity index (χ0) is 8.85. The first-order chi connectivity index (χ1) is 5.17. The minimum absolute atomic E-state index is 1.01. The van der Waals surface area contributed by atoms with Crippen molar-refractivity contribution in [2.45, 2.75) is 26.7 Å². The summed E-state index contributed by atoms with van der Waals surface area (Å²) < 4.78 is 5.26. The quantitative estimate of drug-likeness (QED) is 0.580. The molecule has 0 rings (SSSR count). The van der Waals surface area contributed by atoms with Gasteiger partial charge in [0.15, 0.2) is 5.88 Å². The number of rotatable bonds is 4. The summed E-state index contributed by atoms with van der Waals surface area (Å²) in [6.45, 7) is 4.31. The minimum atomic E-state index is 1.01. The lowest BCUT2D eigenvalue weighted by atomic mass is 10.1. The van der Waals surface area contributed by atoms with Gasteiger partial charge in [0, 0.05) is 14.1 Å². The van der Waals surface area contributed by atoms with E-state index in [2.05, 4.69) is 13.8 Å². The van der Waals surface area contributed by atoms with Gasteiger partial charge in [-0.25, -0.2) is 0 Å². The molecular weight excluding hydrogens is 138 g/mol. The van der Waals surface area contributed by atoms with E-state index < -0.39 is 0 Å². The Balaban J connectivity index is 4.48. The molecule has 0 saturated heterocycles. The topological polar surface area (TPSA) is 12.5 Å². The van der Waals surface area contributed by atoms with Gasteiger partial charge in [0.2, 0.25) is 0 Å². The molecule has 0 atom stereocenters. The van der Waals surface area contributed by atoms with Crippen LogP contribution in [0.1, 0.15) is 26.7 Å². The second-order valence-electron chi connectivity index (χ2n) is 2.71. The van der Waals surface area contributed by atoms with Crippen molar-refractivity contribution in [3.63, 3.8) is 0 Å². The SMILES string of the molecule is CCC(CC)=C(OC)N(C)C. The lowest BCUT2D eigenvalue weighted by molar-refractivity contribution is 0.187. The molecule has 0 N–H and O–H groups in total. The van der Waals surface area contributed by atoms with E-state index in [1.54, 1.807) is 7.11 Å². The maximum atomic E-state index is 5.26. The van der Waals surface area contributed by atoms with Gasteiger partial charge < -0.3 is 9.64 Å². The largest absolute Gasteiger partial charge is 0.482 e. The summed E-state index contributed by atoms with van der Waals surface area (Å²) in [5, 5.41) is 0. The van der Waals surface area contributed by atoms with E-state index in [0.717, 1.165) is 18.7 Å². The van der Waals surface area contributed by atoms with Crippen LogP contribution in [0.15, 0.2) is 11.5 Å². The van der Waals surface area contributed by atoms with Crippen LogP contribution in [0.3, 0.4) is 0 Å². The van der Waals surface area contributed by atoms with Crippen LogP contribution in [0.2, 0.25) is 0 Å². The molecule has 2 heteroatoms. The first-order valence-electron chi connectivity index (χ1n) is 4.10. The predicted molar refractivity (Wildman–Crippen MR) is 48.3 cm³/mol. The smallest absolute Gasteiger partial charge is 0.187 e. The molecule has 0 heterocycles. The summed E-state index contributed by atoms with van der Waals surface area (Å²) in [6.07, 6.45) is 2.13. The maximum Gasteiger partial charge on any atom is 0.187 e. The third-order valence-corrected chi connectivity index (χ3v) is 1.76. The number of ether oxygens (including phenoxy) is 1.